The molecule has 0 aliphatic carbocycles. The van der Waals surface area contributed by atoms with Gasteiger partial charge in [-0.2, -0.15) is 5.10 Å². The molecule has 0 unspecified atom stereocenters. The van der Waals surface area contributed by atoms with Gasteiger partial charge in [0.25, 0.3) is 0 Å². The second-order valence-electron chi connectivity index (χ2n) is 4.65. The molecule has 1 fully saturated rings. The summed E-state index contributed by atoms with van der Waals surface area (Å²) in [5.74, 6) is 0.976. The maximum Gasteiger partial charge on any atom is 0.407 e. The summed E-state index contributed by atoms with van der Waals surface area (Å²) in [6, 6.07) is 5.78. The predicted octanol–water partition coefficient (Wildman–Crippen LogP) is 2.81. The van der Waals surface area contributed by atoms with E-state index in [4.69, 9.17) is 16.7 Å². The first-order valence-corrected chi connectivity index (χ1v) is 7.32. The van der Waals surface area contributed by atoms with Crippen molar-refractivity contribution in [3.05, 3.63) is 33.1 Å². The molecule has 3 heterocycles. The van der Waals surface area contributed by atoms with Crippen LogP contribution in [0.4, 0.5) is 10.6 Å². The molecule has 1 aliphatic heterocycles. The number of H-pyrrole nitrogens is 1. The molecule has 106 valence electrons. The fourth-order valence-electron chi connectivity index (χ4n) is 2.09. The number of rotatable bonds is 4. The van der Waals surface area contributed by atoms with Crippen molar-refractivity contribution in [2.75, 3.05) is 18.4 Å². The highest BCUT2D eigenvalue weighted by Gasteiger charge is 2.32. The normalized spacial score (nSPS) is 15.2. The average Bonchev–Trinajstić information content (AvgIpc) is 2.93. The van der Waals surface area contributed by atoms with E-state index in [1.807, 2.05) is 18.2 Å². The highest BCUT2D eigenvalue weighted by Crippen LogP contribution is 2.27. The number of hydrogen-bond donors (Lipinski definition) is 3. The summed E-state index contributed by atoms with van der Waals surface area (Å²) in [6.45, 7) is 1.72. The smallest absolute Gasteiger partial charge is 0.407 e. The summed E-state index contributed by atoms with van der Waals surface area (Å²) in [5, 5.41) is 19.1. The van der Waals surface area contributed by atoms with Crippen LogP contribution < -0.4 is 5.32 Å². The maximum atomic E-state index is 10.7. The number of carbonyl (C=O) groups is 1. The van der Waals surface area contributed by atoms with Gasteiger partial charge < -0.3 is 15.3 Å². The number of likely N-dealkylation sites (tertiary alicyclic amines) is 1. The van der Waals surface area contributed by atoms with E-state index in [2.05, 4.69) is 15.5 Å². The highest BCUT2D eigenvalue weighted by atomic mass is 35.5. The first kappa shape index (κ1) is 13.3. The minimum atomic E-state index is -0.867. The Kier molecular flexibility index (Phi) is 3.54. The van der Waals surface area contributed by atoms with Crippen molar-refractivity contribution in [1.29, 1.82) is 0 Å². The third-order valence-corrected chi connectivity index (χ3v) is 4.49. The summed E-state index contributed by atoms with van der Waals surface area (Å²) in [7, 11) is 0. The summed E-state index contributed by atoms with van der Waals surface area (Å²) in [6.07, 6.45) is -0.867. The lowest BCUT2D eigenvalue weighted by Crippen LogP contribution is -2.47. The van der Waals surface area contributed by atoms with Crippen LogP contribution in [0.3, 0.4) is 0 Å². The third-order valence-electron chi connectivity index (χ3n) is 3.26. The number of carboxylic acid groups (broad SMARTS) is 1. The molecule has 0 radical (unpaired) electrons. The van der Waals surface area contributed by atoms with Gasteiger partial charge in [0.2, 0.25) is 0 Å². The molecule has 1 aliphatic rings. The number of nitrogens with one attached hydrogen (secondary N) is 2. The van der Waals surface area contributed by atoms with Crippen LogP contribution in [0.2, 0.25) is 4.34 Å². The van der Waals surface area contributed by atoms with Crippen LogP contribution in [-0.2, 0) is 6.54 Å². The predicted molar refractivity (Wildman–Crippen MR) is 77.6 cm³/mol. The lowest BCUT2D eigenvalue weighted by molar-refractivity contribution is 0.104. The molecule has 1 amide bonds. The first-order valence-electron chi connectivity index (χ1n) is 6.13. The van der Waals surface area contributed by atoms with Gasteiger partial charge in [0.15, 0.2) is 0 Å². The van der Waals surface area contributed by atoms with Gasteiger partial charge in [-0.3, -0.25) is 5.10 Å². The van der Waals surface area contributed by atoms with Gasteiger partial charge in [0, 0.05) is 35.6 Å². The Morgan fingerprint density at radius 1 is 1.60 bits per heavy atom. The molecular weight excluding hydrogens is 300 g/mol. The van der Waals surface area contributed by atoms with E-state index in [0.717, 1.165) is 20.7 Å². The molecule has 2 aromatic rings. The van der Waals surface area contributed by atoms with Crippen LogP contribution >= 0.6 is 22.9 Å². The zero-order valence-electron chi connectivity index (χ0n) is 10.5. The van der Waals surface area contributed by atoms with E-state index in [1.165, 1.54) is 16.2 Å². The van der Waals surface area contributed by atoms with Crippen molar-refractivity contribution in [3.63, 3.8) is 0 Å². The van der Waals surface area contributed by atoms with Crippen LogP contribution in [0, 0.1) is 0 Å². The molecular formula is C12H13ClN4O2S. The van der Waals surface area contributed by atoms with Gasteiger partial charge in [0.1, 0.15) is 5.82 Å². The molecule has 0 spiro atoms. The van der Waals surface area contributed by atoms with Gasteiger partial charge >= 0.3 is 6.09 Å². The Morgan fingerprint density at radius 2 is 2.40 bits per heavy atom. The zero-order valence-corrected chi connectivity index (χ0v) is 12.0. The second kappa shape index (κ2) is 5.34. The van der Waals surface area contributed by atoms with Crippen LogP contribution in [0.5, 0.6) is 0 Å². The van der Waals surface area contributed by atoms with Gasteiger partial charge in [-0.15, -0.1) is 11.3 Å². The summed E-state index contributed by atoms with van der Waals surface area (Å²) in [5.41, 5.74) is 0.967. The highest BCUT2D eigenvalue weighted by molar-refractivity contribution is 7.16. The first-order chi connectivity index (χ1) is 9.61. The molecule has 0 saturated carbocycles. The summed E-state index contributed by atoms with van der Waals surface area (Å²) < 4.78 is 0.771. The number of aromatic nitrogens is 2. The van der Waals surface area contributed by atoms with Crippen molar-refractivity contribution in [2.45, 2.75) is 12.5 Å². The number of thiophene rings is 1. The minimum absolute atomic E-state index is 0.213. The maximum absolute atomic E-state index is 10.7. The zero-order chi connectivity index (χ0) is 14.1. The van der Waals surface area contributed by atoms with E-state index in [9.17, 15) is 4.79 Å². The Morgan fingerprint density at radius 3 is 3.05 bits per heavy atom. The molecule has 3 rings (SSSR count). The Balaban J connectivity index is 1.54. The molecule has 8 heteroatoms. The van der Waals surface area contributed by atoms with Gasteiger partial charge in [0.05, 0.1) is 10.9 Å². The quantitative estimate of drug-likeness (QED) is 0.811. The number of hydrogen-bond acceptors (Lipinski definition) is 4. The molecule has 0 bridgehead atoms. The van der Waals surface area contributed by atoms with Crippen molar-refractivity contribution >= 4 is 34.8 Å². The van der Waals surface area contributed by atoms with Crippen molar-refractivity contribution in [1.82, 2.24) is 15.1 Å². The standard InChI is InChI=1S/C12H13ClN4O2S/c13-10-2-1-8(20-10)4-14-11-3-9(15-16-11)7-5-17(6-7)12(18)19/h1-3,7H,4-6H2,(H,18,19)(H2,14,15,16). The lowest BCUT2D eigenvalue weighted by atomic mass is 9.97. The van der Waals surface area contributed by atoms with Crippen molar-refractivity contribution < 1.29 is 9.90 Å². The average molecular weight is 313 g/mol. The third kappa shape index (κ3) is 2.73. The minimum Gasteiger partial charge on any atom is -0.465 e. The monoisotopic (exact) mass is 312 g/mol. The van der Waals surface area contributed by atoms with Gasteiger partial charge in [-0.05, 0) is 12.1 Å². The van der Waals surface area contributed by atoms with E-state index in [-0.39, 0.29) is 5.92 Å². The molecule has 2 aromatic heterocycles. The SMILES string of the molecule is O=C(O)N1CC(c2cc(NCc3ccc(Cl)s3)n[nH]2)C1. The van der Waals surface area contributed by atoms with Crippen LogP contribution in [0.1, 0.15) is 16.5 Å². The number of amides is 1. The molecule has 3 N–H and O–H groups in total. The van der Waals surface area contributed by atoms with E-state index >= 15 is 0 Å². The molecule has 0 aromatic carbocycles. The largest absolute Gasteiger partial charge is 0.465 e. The molecule has 20 heavy (non-hydrogen) atoms. The Labute approximate surface area is 124 Å². The summed E-state index contributed by atoms with van der Waals surface area (Å²) in [4.78, 5) is 13.2. The van der Waals surface area contributed by atoms with Crippen LogP contribution in [-0.4, -0.2) is 39.4 Å². The van der Waals surface area contributed by atoms with Gasteiger partial charge in [-0.25, -0.2) is 4.79 Å². The van der Waals surface area contributed by atoms with E-state index in [0.29, 0.717) is 19.6 Å². The molecule has 0 atom stereocenters. The van der Waals surface area contributed by atoms with Crippen molar-refractivity contribution in [3.8, 4) is 0 Å². The Hall–Kier alpha value is -1.73. The second-order valence-corrected chi connectivity index (χ2v) is 6.45. The lowest BCUT2D eigenvalue weighted by Gasteiger charge is -2.36. The fraction of sp³-hybridized carbons (Fsp3) is 0.333. The fourth-order valence-corrected chi connectivity index (χ4v) is 3.12. The van der Waals surface area contributed by atoms with Gasteiger partial charge in [-0.1, -0.05) is 11.6 Å². The van der Waals surface area contributed by atoms with Crippen LogP contribution in [0.15, 0.2) is 18.2 Å². The van der Waals surface area contributed by atoms with Crippen LogP contribution in [0.25, 0.3) is 0 Å². The van der Waals surface area contributed by atoms with E-state index in [1.54, 1.807) is 0 Å². The number of halogens is 1. The topological polar surface area (TPSA) is 81.2 Å². The van der Waals surface area contributed by atoms with Crippen molar-refractivity contribution in [2.24, 2.45) is 0 Å². The Bertz CT molecular complexity index is 621. The number of aromatic amines is 1. The summed E-state index contributed by atoms with van der Waals surface area (Å²) >= 11 is 7.40. The molecule has 1 saturated heterocycles. The molecule has 6 nitrogen and oxygen atoms in total. The number of anilines is 1. The number of nitrogens with zero attached hydrogens (tertiary/aromatic N) is 2. The van der Waals surface area contributed by atoms with E-state index < -0.39 is 6.09 Å².